The second-order valence-electron chi connectivity index (χ2n) is 7.60. The highest BCUT2D eigenvalue weighted by Gasteiger charge is 2.38. The van der Waals surface area contributed by atoms with Gasteiger partial charge in [0.2, 0.25) is 10.0 Å². The molecule has 0 N–H and O–H groups in total. The highest BCUT2D eigenvalue weighted by atomic mass is 32.2. The van der Waals surface area contributed by atoms with Gasteiger partial charge in [-0.25, -0.2) is 8.42 Å². The number of hydrogen-bond donors (Lipinski definition) is 0. The number of rotatable bonds is 4. The Bertz CT molecular complexity index is 1060. The summed E-state index contributed by atoms with van der Waals surface area (Å²) in [6, 6.07) is 25.6. The first-order chi connectivity index (χ1) is 13.5. The first-order valence-electron chi connectivity index (χ1n) is 9.67. The largest absolute Gasteiger partial charge is 0.243 e. The predicted molar refractivity (Wildman–Crippen MR) is 113 cm³/mol. The fraction of sp³-hybridized carbons (Fsp3) is 0.250. The molecule has 0 aromatic heterocycles. The van der Waals surface area contributed by atoms with Gasteiger partial charge in [-0.3, -0.25) is 0 Å². The second kappa shape index (κ2) is 7.53. The molecule has 0 saturated carbocycles. The summed E-state index contributed by atoms with van der Waals surface area (Å²) in [5, 5.41) is 0. The van der Waals surface area contributed by atoms with E-state index in [1.54, 1.807) is 16.4 Å². The molecule has 1 heterocycles. The van der Waals surface area contributed by atoms with Crippen LogP contribution in [0.3, 0.4) is 0 Å². The molecule has 0 saturated heterocycles. The fourth-order valence-corrected chi connectivity index (χ4v) is 5.75. The van der Waals surface area contributed by atoms with Gasteiger partial charge in [0.15, 0.2) is 0 Å². The lowest BCUT2D eigenvalue weighted by molar-refractivity contribution is 0.267. The molecule has 3 aromatic carbocycles. The summed E-state index contributed by atoms with van der Waals surface area (Å²) in [6.45, 7) is 4.42. The van der Waals surface area contributed by atoms with Gasteiger partial charge in [-0.15, -0.1) is 0 Å². The molecule has 0 aliphatic carbocycles. The van der Waals surface area contributed by atoms with Gasteiger partial charge in [-0.05, 0) is 49.1 Å². The van der Waals surface area contributed by atoms with Gasteiger partial charge in [-0.2, -0.15) is 4.31 Å². The molecule has 3 nitrogen and oxygen atoms in total. The fourth-order valence-electron chi connectivity index (χ4n) is 4.11. The van der Waals surface area contributed by atoms with E-state index in [-0.39, 0.29) is 12.0 Å². The zero-order valence-corrected chi connectivity index (χ0v) is 17.1. The lowest BCUT2D eigenvalue weighted by Crippen LogP contribution is -2.45. The van der Waals surface area contributed by atoms with Gasteiger partial charge in [0.1, 0.15) is 0 Å². The monoisotopic (exact) mass is 391 g/mol. The summed E-state index contributed by atoms with van der Waals surface area (Å²) >= 11 is 0. The molecule has 4 heteroatoms. The van der Waals surface area contributed by atoms with Crippen molar-refractivity contribution in [2.75, 3.05) is 0 Å². The third-order valence-electron chi connectivity index (χ3n) is 5.74. The quantitative estimate of drug-likeness (QED) is 0.633. The van der Waals surface area contributed by atoms with Crippen molar-refractivity contribution in [2.45, 2.75) is 43.7 Å². The van der Waals surface area contributed by atoms with Crippen molar-refractivity contribution < 1.29 is 8.42 Å². The van der Waals surface area contributed by atoms with Gasteiger partial charge in [-0.1, -0.05) is 72.3 Å². The average molecular weight is 392 g/mol. The van der Waals surface area contributed by atoms with Crippen molar-refractivity contribution in [2.24, 2.45) is 0 Å². The van der Waals surface area contributed by atoms with Crippen molar-refractivity contribution in [1.29, 1.82) is 0 Å². The number of hydrogen-bond acceptors (Lipinski definition) is 2. The van der Waals surface area contributed by atoms with Crippen LogP contribution in [0.15, 0.2) is 83.8 Å². The van der Waals surface area contributed by atoms with Crippen molar-refractivity contribution in [3.63, 3.8) is 0 Å². The highest BCUT2D eigenvalue weighted by molar-refractivity contribution is 7.89. The Balaban J connectivity index is 1.75. The molecule has 0 unspecified atom stereocenters. The number of nitrogens with zero attached hydrogens (tertiary/aromatic N) is 1. The predicted octanol–water partition coefficient (Wildman–Crippen LogP) is 4.91. The van der Waals surface area contributed by atoms with Gasteiger partial charge in [0.25, 0.3) is 0 Å². The summed E-state index contributed by atoms with van der Waals surface area (Å²) < 4.78 is 28.6. The molecule has 1 aliphatic rings. The molecule has 2 atom stereocenters. The Morgan fingerprint density at radius 3 is 2.25 bits per heavy atom. The molecule has 0 radical (unpaired) electrons. The van der Waals surface area contributed by atoms with Crippen LogP contribution < -0.4 is 0 Å². The Morgan fingerprint density at radius 1 is 0.893 bits per heavy atom. The maximum absolute atomic E-state index is 13.4. The maximum Gasteiger partial charge on any atom is 0.243 e. The number of benzene rings is 3. The van der Waals surface area contributed by atoms with Crippen LogP contribution in [-0.2, 0) is 23.0 Å². The Morgan fingerprint density at radius 2 is 1.54 bits per heavy atom. The molecule has 28 heavy (non-hydrogen) atoms. The summed E-state index contributed by atoms with van der Waals surface area (Å²) in [4.78, 5) is 0.364. The topological polar surface area (TPSA) is 37.4 Å². The third kappa shape index (κ3) is 3.50. The summed E-state index contributed by atoms with van der Waals surface area (Å²) in [5.41, 5.74) is 4.63. The zero-order valence-electron chi connectivity index (χ0n) is 16.2. The van der Waals surface area contributed by atoms with Crippen LogP contribution in [0.25, 0.3) is 0 Å². The summed E-state index contributed by atoms with van der Waals surface area (Å²) in [5.74, 6) is 0.118. The number of aryl methyl sites for hydroxylation is 1. The minimum atomic E-state index is -3.56. The smallest absolute Gasteiger partial charge is 0.207 e. The van der Waals surface area contributed by atoms with E-state index in [9.17, 15) is 8.42 Å². The first-order valence-corrected chi connectivity index (χ1v) is 11.1. The van der Waals surface area contributed by atoms with Crippen molar-refractivity contribution in [3.05, 3.63) is 101 Å². The molecule has 0 spiro atoms. The molecule has 1 aliphatic heterocycles. The molecule has 0 bridgehead atoms. The third-order valence-corrected chi connectivity index (χ3v) is 7.69. The molecular weight excluding hydrogens is 366 g/mol. The normalized spacial score (nSPS) is 19.9. The van der Waals surface area contributed by atoms with Gasteiger partial charge >= 0.3 is 0 Å². The second-order valence-corrected chi connectivity index (χ2v) is 9.49. The van der Waals surface area contributed by atoms with E-state index in [4.69, 9.17) is 0 Å². The maximum atomic E-state index is 13.4. The number of sulfonamides is 1. The van der Waals surface area contributed by atoms with E-state index >= 15 is 0 Å². The first kappa shape index (κ1) is 18.9. The Kier molecular flexibility index (Phi) is 5.09. The van der Waals surface area contributed by atoms with Crippen LogP contribution in [0.5, 0.6) is 0 Å². The van der Waals surface area contributed by atoms with Crippen LogP contribution >= 0.6 is 0 Å². The zero-order chi connectivity index (χ0) is 19.7. The number of fused-ring (bicyclic) bond motifs is 1. The molecule has 3 aromatic rings. The van der Waals surface area contributed by atoms with Crippen molar-refractivity contribution in [3.8, 4) is 0 Å². The van der Waals surface area contributed by atoms with Gasteiger partial charge in [0, 0.05) is 18.5 Å². The molecular formula is C24H25NO2S. The van der Waals surface area contributed by atoms with E-state index in [0.717, 1.165) is 17.5 Å². The Labute approximate surface area is 167 Å². The summed E-state index contributed by atoms with van der Waals surface area (Å²) in [6.07, 6.45) is 0.818. The van der Waals surface area contributed by atoms with E-state index < -0.39 is 10.0 Å². The Hall–Kier alpha value is -2.43. The lowest BCUT2D eigenvalue weighted by atomic mass is 9.81. The molecule has 0 amide bonds. The van der Waals surface area contributed by atoms with Crippen LogP contribution in [0.2, 0.25) is 0 Å². The van der Waals surface area contributed by atoms with Crippen LogP contribution in [0, 0.1) is 6.92 Å². The molecule has 0 fully saturated rings. The van der Waals surface area contributed by atoms with Gasteiger partial charge < -0.3 is 0 Å². The molecule has 144 valence electrons. The van der Waals surface area contributed by atoms with Crippen molar-refractivity contribution in [1.82, 2.24) is 4.31 Å². The molecule has 4 rings (SSSR count). The SMILES string of the molecule is Cc1ccc(S(=O)(=O)N2Cc3ccccc3[C@@H](Cc3ccccc3)[C@@H]2C)cc1. The minimum Gasteiger partial charge on any atom is -0.207 e. The lowest BCUT2D eigenvalue weighted by Gasteiger charge is -2.40. The van der Waals surface area contributed by atoms with E-state index in [2.05, 4.69) is 24.3 Å². The van der Waals surface area contributed by atoms with Crippen LogP contribution in [0.4, 0.5) is 0 Å². The highest BCUT2D eigenvalue weighted by Crippen LogP contribution is 2.38. The van der Waals surface area contributed by atoms with Crippen LogP contribution in [-0.4, -0.2) is 18.8 Å². The standard InChI is InChI=1S/C24H25NO2S/c1-18-12-14-22(15-13-18)28(26,27)25-17-21-10-6-7-11-23(21)24(19(25)2)16-20-8-4-3-5-9-20/h3-15,19,24H,16-17H2,1-2H3/t19-,24-/m0/s1. The van der Waals surface area contributed by atoms with Crippen molar-refractivity contribution >= 4 is 10.0 Å². The van der Waals surface area contributed by atoms with Crippen LogP contribution in [0.1, 0.15) is 35.1 Å². The average Bonchev–Trinajstić information content (AvgIpc) is 2.71. The van der Waals surface area contributed by atoms with E-state index in [1.165, 1.54) is 11.1 Å². The van der Waals surface area contributed by atoms with Gasteiger partial charge in [0.05, 0.1) is 4.90 Å². The minimum absolute atomic E-state index is 0.118. The van der Waals surface area contributed by atoms with E-state index in [0.29, 0.717) is 11.4 Å². The summed E-state index contributed by atoms with van der Waals surface area (Å²) in [7, 11) is -3.56. The van der Waals surface area contributed by atoms with E-state index in [1.807, 2.05) is 56.3 Å².